The summed E-state index contributed by atoms with van der Waals surface area (Å²) >= 11 is 0. The maximum Gasteiger partial charge on any atom is 0.319 e. The van der Waals surface area contributed by atoms with E-state index in [1.54, 1.807) is 13.0 Å². The first-order valence-electron chi connectivity index (χ1n) is 6.15. The van der Waals surface area contributed by atoms with Crippen LogP contribution in [0, 0.1) is 6.92 Å². The smallest absolute Gasteiger partial charge is 0.319 e. The number of nitrogens with one attached hydrogen (secondary N) is 2. The van der Waals surface area contributed by atoms with Crippen molar-refractivity contribution in [3.63, 3.8) is 0 Å². The van der Waals surface area contributed by atoms with Crippen LogP contribution in [-0.4, -0.2) is 33.7 Å². The van der Waals surface area contributed by atoms with Gasteiger partial charge in [0.25, 0.3) is 0 Å². The molecule has 1 aromatic carbocycles. The van der Waals surface area contributed by atoms with E-state index < -0.39 is 16.1 Å². The van der Waals surface area contributed by atoms with Gasteiger partial charge in [-0.25, -0.2) is 18.4 Å². The molecule has 0 bridgehead atoms. The molecule has 0 radical (unpaired) electrons. The van der Waals surface area contributed by atoms with Gasteiger partial charge in [0.1, 0.15) is 0 Å². The second-order valence-corrected chi connectivity index (χ2v) is 6.16. The quantitative estimate of drug-likeness (QED) is 0.757. The van der Waals surface area contributed by atoms with Crippen LogP contribution >= 0.6 is 0 Å². The van der Waals surface area contributed by atoms with E-state index in [2.05, 4.69) is 10.6 Å². The molecule has 1 atom stereocenters. The number of nitrogens with two attached hydrogens (primary N) is 1. The summed E-state index contributed by atoms with van der Waals surface area (Å²) in [5.41, 5.74) is 0.820. The lowest BCUT2D eigenvalue weighted by Crippen LogP contribution is -2.38. The minimum Gasteiger partial charge on any atom is -0.379 e. The maximum absolute atomic E-state index is 11.8. The van der Waals surface area contributed by atoms with E-state index >= 15 is 0 Å². The Hall–Kier alpha value is -1.64. The number of rotatable bonds is 3. The van der Waals surface area contributed by atoms with Crippen molar-refractivity contribution in [2.75, 3.05) is 18.5 Å². The van der Waals surface area contributed by atoms with Crippen molar-refractivity contribution in [3.05, 3.63) is 23.8 Å². The third kappa shape index (κ3) is 3.47. The van der Waals surface area contributed by atoms with Crippen LogP contribution in [0.1, 0.15) is 12.0 Å². The number of carbonyl (C=O) groups is 1. The zero-order valence-electron chi connectivity index (χ0n) is 11.0. The van der Waals surface area contributed by atoms with Gasteiger partial charge in [-0.15, -0.1) is 0 Å². The number of carbonyl (C=O) groups excluding carboxylic acids is 1. The van der Waals surface area contributed by atoms with Crippen LogP contribution in [0.3, 0.4) is 0 Å². The Labute approximate surface area is 117 Å². The number of primary sulfonamides is 1. The number of hydrogen-bond donors (Lipinski definition) is 3. The maximum atomic E-state index is 11.8. The van der Waals surface area contributed by atoms with Crippen LogP contribution in [0.15, 0.2) is 23.1 Å². The van der Waals surface area contributed by atoms with Gasteiger partial charge in [0.15, 0.2) is 0 Å². The molecule has 8 heteroatoms. The van der Waals surface area contributed by atoms with E-state index in [1.165, 1.54) is 12.1 Å². The van der Waals surface area contributed by atoms with Crippen molar-refractivity contribution in [1.29, 1.82) is 0 Å². The van der Waals surface area contributed by atoms with Crippen molar-refractivity contribution in [2.45, 2.75) is 24.3 Å². The Bertz CT molecular complexity index is 609. The van der Waals surface area contributed by atoms with Crippen LogP contribution in [-0.2, 0) is 14.8 Å². The highest BCUT2D eigenvalue weighted by Gasteiger charge is 2.19. The molecule has 0 aromatic heterocycles. The third-order valence-corrected chi connectivity index (χ3v) is 4.16. The van der Waals surface area contributed by atoms with Crippen molar-refractivity contribution >= 4 is 21.7 Å². The van der Waals surface area contributed by atoms with Gasteiger partial charge in [-0.2, -0.15) is 0 Å². The molecule has 1 heterocycles. The molecule has 7 nitrogen and oxygen atoms in total. The SMILES string of the molecule is Cc1c(NC(=O)NC2CCOC2)cccc1S(N)(=O)=O. The van der Waals surface area contributed by atoms with E-state index in [4.69, 9.17) is 9.88 Å². The number of amides is 2. The van der Waals surface area contributed by atoms with E-state index in [-0.39, 0.29) is 10.9 Å². The molecular weight excluding hydrogens is 282 g/mol. The number of sulfonamides is 1. The summed E-state index contributed by atoms with van der Waals surface area (Å²) in [5.74, 6) is 0. The van der Waals surface area contributed by atoms with Crippen LogP contribution in [0.25, 0.3) is 0 Å². The standard InChI is InChI=1S/C12H17N3O4S/c1-8-10(3-2-4-11(8)20(13,17)18)15-12(16)14-9-5-6-19-7-9/h2-4,9H,5-7H2,1H3,(H2,13,17,18)(H2,14,15,16). The van der Waals surface area contributed by atoms with Crippen molar-refractivity contribution in [2.24, 2.45) is 5.14 Å². The predicted molar refractivity (Wildman–Crippen MR) is 73.9 cm³/mol. The second kappa shape index (κ2) is 5.78. The molecule has 1 aromatic rings. The Morgan fingerprint density at radius 2 is 2.20 bits per heavy atom. The third-order valence-electron chi connectivity index (χ3n) is 3.10. The van der Waals surface area contributed by atoms with Gasteiger partial charge < -0.3 is 15.4 Å². The van der Waals surface area contributed by atoms with Gasteiger partial charge in [0.2, 0.25) is 10.0 Å². The highest BCUT2D eigenvalue weighted by atomic mass is 32.2. The monoisotopic (exact) mass is 299 g/mol. The van der Waals surface area contributed by atoms with Gasteiger partial charge in [-0.05, 0) is 31.0 Å². The number of anilines is 1. The lowest BCUT2D eigenvalue weighted by Gasteiger charge is -2.14. The summed E-state index contributed by atoms with van der Waals surface area (Å²) in [7, 11) is -3.81. The summed E-state index contributed by atoms with van der Waals surface area (Å²) in [6.07, 6.45) is 0.767. The molecule has 0 aliphatic carbocycles. The molecule has 1 aliphatic rings. The summed E-state index contributed by atoms with van der Waals surface area (Å²) in [5, 5.41) is 10.5. The Balaban J connectivity index is 2.11. The number of benzene rings is 1. The average molecular weight is 299 g/mol. The molecule has 1 unspecified atom stereocenters. The van der Waals surface area contributed by atoms with E-state index in [9.17, 15) is 13.2 Å². The van der Waals surface area contributed by atoms with Crippen LogP contribution in [0.5, 0.6) is 0 Å². The van der Waals surface area contributed by atoms with Crippen LogP contribution < -0.4 is 15.8 Å². The van der Waals surface area contributed by atoms with Crippen molar-refractivity contribution < 1.29 is 17.9 Å². The topological polar surface area (TPSA) is 111 Å². The van der Waals surface area contributed by atoms with Gasteiger partial charge in [0, 0.05) is 12.3 Å². The molecule has 2 rings (SSSR count). The van der Waals surface area contributed by atoms with Gasteiger partial charge >= 0.3 is 6.03 Å². The van der Waals surface area contributed by atoms with E-state index in [0.29, 0.717) is 24.5 Å². The highest BCUT2D eigenvalue weighted by Crippen LogP contribution is 2.21. The fourth-order valence-electron chi connectivity index (χ4n) is 2.05. The van der Waals surface area contributed by atoms with E-state index in [1.807, 2.05) is 0 Å². The molecule has 2 amide bonds. The van der Waals surface area contributed by atoms with E-state index in [0.717, 1.165) is 6.42 Å². The zero-order valence-corrected chi connectivity index (χ0v) is 11.9. The lowest BCUT2D eigenvalue weighted by atomic mass is 10.2. The minimum absolute atomic E-state index is 0.000463. The summed E-state index contributed by atoms with van der Waals surface area (Å²) in [6, 6.07) is 4.14. The largest absolute Gasteiger partial charge is 0.379 e. The summed E-state index contributed by atoms with van der Waals surface area (Å²) in [4.78, 5) is 11.8. The first kappa shape index (κ1) is 14.8. The predicted octanol–water partition coefficient (Wildman–Crippen LogP) is 0.553. The van der Waals surface area contributed by atoms with Crippen molar-refractivity contribution in [1.82, 2.24) is 5.32 Å². The Morgan fingerprint density at radius 3 is 2.80 bits per heavy atom. The Morgan fingerprint density at radius 1 is 1.45 bits per heavy atom. The molecule has 110 valence electrons. The molecule has 0 spiro atoms. The fourth-order valence-corrected chi connectivity index (χ4v) is 2.86. The Kier molecular flexibility index (Phi) is 4.26. The molecule has 1 aliphatic heterocycles. The number of urea groups is 1. The molecule has 0 saturated carbocycles. The van der Waals surface area contributed by atoms with Crippen LogP contribution in [0.2, 0.25) is 0 Å². The van der Waals surface area contributed by atoms with Gasteiger partial charge in [-0.3, -0.25) is 0 Å². The first-order valence-corrected chi connectivity index (χ1v) is 7.70. The molecular formula is C12H17N3O4S. The lowest BCUT2D eigenvalue weighted by molar-refractivity contribution is 0.189. The van der Waals surface area contributed by atoms with Gasteiger partial charge in [-0.1, -0.05) is 6.07 Å². The molecule has 20 heavy (non-hydrogen) atoms. The normalized spacial score (nSPS) is 18.8. The second-order valence-electron chi connectivity index (χ2n) is 4.63. The molecule has 1 saturated heterocycles. The molecule has 4 N–H and O–H groups in total. The zero-order chi connectivity index (χ0) is 14.8. The number of ether oxygens (including phenoxy) is 1. The highest BCUT2D eigenvalue weighted by molar-refractivity contribution is 7.89. The fraction of sp³-hybridized carbons (Fsp3) is 0.417. The molecule has 1 fully saturated rings. The first-order chi connectivity index (χ1) is 9.38. The average Bonchev–Trinajstić information content (AvgIpc) is 2.83. The minimum atomic E-state index is -3.81. The van der Waals surface area contributed by atoms with Crippen molar-refractivity contribution in [3.8, 4) is 0 Å². The van der Waals surface area contributed by atoms with Crippen LogP contribution in [0.4, 0.5) is 10.5 Å². The number of hydrogen-bond acceptors (Lipinski definition) is 4. The summed E-state index contributed by atoms with van der Waals surface area (Å²) in [6.45, 7) is 2.71. The summed E-state index contributed by atoms with van der Waals surface area (Å²) < 4.78 is 28.0. The van der Waals surface area contributed by atoms with Gasteiger partial charge in [0.05, 0.1) is 17.5 Å².